The molecule has 23 heavy (non-hydrogen) atoms. The Labute approximate surface area is 136 Å². The van der Waals surface area contributed by atoms with Crippen LogP contribution in [0.3, 0.4) is 0 Å². The highest BCUT2D eigenvalue weighted by Gasteiger charge is 2.31. The van der Waals surface area contributed by atoms with Gasteiger partial charge in [-0.1, -0.05) is 24.3 Å². The Morgan fingerprint density at radius 2 is 1.83 bits per heavy atom. The van der Waals surface area contributed by atoms with E-state index in [1.165, 1.54) is 5.56 Å². The molecule has 1 saturated heterocycles. The first kappa shape index (κ1) is 15.3. The Balaban J connectivity index is 1.70. The first-order valence-corrected chi connectivity index (χ1v) is 7.78. The molecule has 0 bridgehead atoms. The molecule has 2 aromatic carbocycles. The Hall–Kier alpha value is -2.62. The second-order valence-corrected chi connectivity index (χ2v) is 6.01. The van der Waals surface area contributed by atoms with Gasteiger partial charge in [-0.2, -0.15) is 0 Å². The SMILES string of the molecule is Cc1ccc(N2CC(NC(=O)c3ccccc3)CC2=O)cc1C. The monoisotopic (exact) mass is 308 g/mol. The normalized spacial score (nSPS) is 17.4. The summed E-state index contributed by atoms with van der Waals surface area (Å²) >= 11 is 0. The van der Waals surface area contributed by atoms with Gasteiger partial charge in [0.15, 0.2) is 0 Å². The van der Waals surface area contributed by atoms with Gasteiger partial charge in [0.05, 0.1) is 6.04 Å². The summed E-state index contributed by atoms with van der Waals surface area (Å²) < 4.78 is 0. The maximum atomic E-state index is 12.3. The highest BCUT2D eigenvalue weighted by molar-refractivity contribution is 5.99. The third-order valence-corrected chi connectivity index (χ3v) is 4.30. The predicted molar refractivity (Wildman–Crippen MR) is 90.6 cm³/mol. The summed E-state index contributed by atoms with van der Waals surface area (Å²) in [7, 11) is 0. The standard InChI is InChI=1S/C19H20N2O2/c1-13-8-9-17(10-14(13)2)21-12-16(11-18(21)22)20-19(23)15-6-4-3-5-7-15/h3-10,16H,11-12H2,1-2H3,(H,20,23). The fraction of sp³-hybridized carbons (Fsp3) is 0.263. The summed E-state index contributed by atoms with van der Waals surface area (Å²) in [6.45, 7) is 4.60. The van der Waals surface area contributed by atoms with E-state index in [1.807, 2.05) is 50.2 Å². The van der Waals surface area contributed by atoms with Crippen LogP contribution in [0.2, 0.25) is 0 Å². The molecule has 1 atom stereocenters. The Morgan fingerprint density at radius 1 is 1.09 bits per heavy atom. The average molecular weight is 308 g/mol. The van der Waals surface area contributed by atoms with Crippen LogP contribution in [0.4, 0.5) is 5.69 Å². The fourth-order valence-corrected chi connectivity index (χ4v) is 2.81. The van der Waals surface area contributed by atoms with E-state index in [1.54, 1.807) is 17.0 Å². The van der Waals surface area contributed by atoms with Crippen molar-refractivity contribution in [3.8, 4) is 0 Å². The molecular weight excluding hydrogens is 288 g/mol. The highest BCUT2D eigenvalue weighted by atomic mass is 16.2. The van der Waals surface area contributed by atoms with Gasteiger partial charge in [-0.05, 0) is 49.2 Å². The molecule has 0 radical (unpaired) electrons. The third-order valence-electron chi connectivity index (χ3n) is 4.30. The second kappa shape index (κ2) is 6.24. The van der Waals surface area contributed by atoms with Crippen molar-refractivity contribution in [1.82, 2.24) is 5.32 Å². The van der Waals surface area contributed by atoms with E-state index < -0.39 is 0 Å². The summed E-state index contributed by atoms with van der Waals surface area (Å²) in [5.74, 6) is -0.0862. The predicted octanol–water partition coefficient (Wildman–Crippen LogP) is 2.84. The minimum Gasteiger partial charge on any atom is -0.347 e. The lowest BCUT2D eigenvalue weighted by atomic mass is 10.1. The zero-order chi connectivity index (χ0) is 16.4. The minimum atomic E-state index is -0.156. The van der Waals surface area contributed by atoms with Crippen molar-refractivity contribution in [3.05, 3.63) is 65.2 Å². The van der Waals surface area contributed by atoms with Crippen LogP contribution in [-0.4, -0.2) is 24.4 Å². The summed E-state index contributed by atoms with van der Waals surface area (Å²) in [6, 6.07) is 14.9. The number of benzene rings is 2. The number of nitrogens with one attached hydrogen (secondary N) is 1. The summed E-state index contributed by atoms with van der Waals surface area (Å²) in [4.78, 5) is 26.2. The zero-order valence-corrected chi connectivity index (χ0v) is 13.4. The molecule has 1 aliphatic heterocycles. The van der Waals surface area contributed by atoms with Crippen LogP contribution in [0, 0.1) is 13.8 Å². The van der Waals surface area contributed by atoms with E-state index in [2.05, 4.69) is 5.32 Å². The number of carbonyl (C=O) groups is 2. The van der Waals surface area contributed by atoms with Gasteiger partial charge < -0.3 is 10.2 Å². The molecular formula is C19H20N2O2. The van der Waals surface area contributed by atoms with E-state index in [0.717, 1.165) is 11.3 Å². The molecule has 3 rings (SSSR count). The molecule has 1 N–H and O–H groups in total. The van der Waals surface area contributed by atoms with E-state index in [9.17, 15) is 9.59 Å². The van der Waals surface area contributed by atoms with Crippen molar-refractivity contribution in [3.63, 3.8) is 0 Å². The average Bonchev–Trinajstić information content (AvgIpc) is 2.91. The molecule has 0 aromatic heterocycles. The lowest BCUT2D eigenvalue weighted by Crippen LogP contribution is -2.37. The Morgan fingerprint density at radius 3 is 2.52 bits per heavy atom. The number of hydrogen-bond donors (Lipinski definition) is 1. The van der Waals surface area contributed by atoms with Crippen LogP contribution in [0.5, 0.6) is 0 Å². The molecule has 1 heterocycles. The lowest BCUT2D eigenvalue weighted by Gasteiger charge is -2.18. The Kier molecular flexibility index (Phi) is 4.15. The topological polar surface area (TPSA) is 49.4 Å². The van der Waals surface area contributed by atoms with E-state index in [0.29, 0.717) is 18.5 Å². The maximum absolute atomic E-state index is 12.3. The number of aryl methyl sites for hydroxylation is 2. The van der Waals surface area contributed by atoms with Crippen LogP contribution < -0.4 is 10.2 Å². The third kappa shape index (κ3) is 3.26. The molecule has 1 unspecified atom stereocenters. The minimum absolute atomic E-state index is 0.0478. The maximum Gasteiger partial charge on any atom is 0.251 e. The number of nitrogens with zero attached hydrogens (tertiary/aromatic N) is 1. The largest absolute Gasteiger partial charge is 0.347 e. The Bertz CT molecular complexity index is 740. The van der Waals surface area contributed by atoms with Crippen LogP contribution in [0.1, 0.15) is 27.9 Å². The lowest BCUT2D eigenvalue weighted by molar-refractivity contribution is -0.117. The highest BCUT2D eigenvalue weighted by Crippen LogP contribution is 2.24. The van der Waals surface area contributed by atoms with Crippen molar-refractivity contribution in [1.29, 1.82) is 0 Å². The van der Waals surface area contributed by atoms with Gasteiger partial charge in [-0.25, -0.2) is 0 Å². The smallest absolute Gasteiger partial charge is 0.251 e. The van der Waals surface area contributed by atoms with E-state index in [-0.39, 0.29) is 17.9 Å². The molecule has 2 aromatic rings. The molecule has 0 aliphatic carbocycles. The number of hydrogen-bond acceptors (Lipinski definition) is 2. The molecule has 0 spiro atoms. The fourth-order valence-electron chi connectivity index (χ4n) is 2.81. The van der Waals surface area contributed by atoms with Crippen LogP contribution >= 0.6 is 0 Å². The quantitative estimate of drug-likeness (QED) is 0.948. The second-order valence-electron chi connectivity index (χ2n) is 6.01. The number of amides is 2. The van der Waals surface area contributed by atoms with Crippen molar-refractivity contribution >= 4 is 17.5 Å². The first-order valence-electron chi connectivity index (χ1n) is 7.78. The van der Waals surface area contributed by atoms with Crippen LogP contribution in [0.15, 0.2) is 48.5 Å². The van der Waals surface area contributed by atoms with Crippen molar-refractivity contribution in [2.24, 2.45) is 0 Å². The number of rotatable bonds is 3. The molecule has 118 valence electrons. The molecule has 2 amide bonds. The molecule has 0 saturated carbocycles. The van der Waals surface area contributed by atoms with Crippen LogP contribution in [-0.2, 0) is 4.79 Å². The number of carbonyl (C=O) groups excluding carboxylic acids is 2. The van der Waals surface area contributed by atoms with Crippen LogP contribution in [0.25, 0.3) is 0 Å². The van der Waals surface area contributed by atoms with Crippen molar-refractivity contribution < 1.29 is 9.59 Å². The summed E-state index contributed by atoms with van der Waals surface area (Å²) in [5, 5.41) is 2.95. The molecule has 1 aliphatic rings. The van der Waals surface area contributed by atoms with Gasteiger partial charge >= 0.3 is 0 Å². The van der Waals surface area contributed by atoms with Crippen molar-refractivity contribution in [2.45, 2.75) is 26.3 Å². The van der Waals surface area contributed by atoms with Crippen molar-refractivity contribution in [2.75, 3.05) is 11.4 Å². The zero-order valence-electron chi connectivity index (χ0n) is 13.4. The van der Waals surface area contributed by atoms with Gasteiger partial charge in [-0.15, -0.1) is 0 Å². The van der Waals surface area contributed by atoms with Gasteiger partial charge in [-0.3, -0.25) is 9.59 Å². The molecule has 1 fully saturated rings. The van der Waals surface area contributed by atoms with Gasteiger partial charge in [0.2, 0.25) is 5.91 Å². The van der Waals surface area contributed by atoms with Gasteiger partial charge in [0, 0.05) is 24.2 Å². The summed E-state index contributed by atoms with van der Waals surface area (Å²) in [6.07, 6.45) is 0.339. The van der Waals surface area contributed by atoms with Gasteiger partial charge in [0.25, 0.3) is 5.91 Å². The van der Waals surface area contributed by atoms with E-state index >= 15 is 0 Å². The van der Waals surface area contributed by atoms with E-state index in [4.69, 9.17) is 0 Å². The molecule has 4 nitrogen and oxygen atoms in total. The number of anilines is 1. The summed E-state index contributed by atoms with van der Waals surface area (Å²) in [5.41, 5.74) is 3.88. The first-order chi connectivity index (χ1) is 11.0. The molecule has 4 heteroatoms. The van der Waals surface area contributed by atoms with Gasteiger partial charge in [0.1, 0.15) is 0 Å².